The Kier molecular flexibility index (Phi) is 8.10. The number of carbonyl (C=O) groups excluding carboxylic acids is 3. The molecule has 0 aromatic heterocycles. The summed E-state index contributed by atoms with van der Waals surface area (Å²) in [5.74, 6) is 0.0886. The number of alkyl carbamates (subject to hydrolysis) is 1. The first-order chi connectivity index (χ1) is 11.5. The molecule has 1 N–H and O–H groups in total. The number of amides is 2. The van der Waals surface area contributed by atoms with Gasteiger partial charge in [-0.1, -0.05) is 0 Å². The molecule has 0 heterocycles. The van der Waals surface area contributed by atoms with E-state index in [0.717, 1.165) is 12.9 Å². The zero-order valence-electron chi connectivity index (χ0n) is 13.9. The predicted octanol–water partition coefficient (Wildman–Crippen LogP) is 1.67. The molecule has 8 heteroatoms. The summed E-state index contributed by atoms with van der Waals surface area (Å²) >= 11 is 0. The maximum atomic E-state index is 11.6. The highest BCUT2D eigenvalue weighted by Gasteiger charge is 2.19. The Balaban J connectivity index is 2.23. The van der Waals surface area contributed by atoms with Gasteiger partial charge in [0.15, 0.2) is 6.10 Å². The topological polar surface area (TPSA) is 100 Å². The van der Waals surface area contributed by atoms with Crippen molar-refractivity contribution in [3.05, 3.63) is 24.3 Å². The molecule has 132 valence electrons. The van der Waals surface area contributed by atoms with Crippen LogP contribution in [0.2, 0.25) is 0 Å². The highest BCUT2D eigenvalue weighted by atomic mass is 16.6. The molecule has 24 heavy (non-hydrogen) atoms. The van der Waals surface area contributed by atoms with Crippen LogP contribution in [0.4, 0.5) is 4.79 Å². The summed E-state index contributed by atoms with van der Waals surface area (Å²) in [5, 5.41) is 1.92. The molecule has 0 saturated carbocycles. The van der Waals surface area contributed by atoms with Crippen molar-refractivity contribution < 1.29 is 33.3 Å². The molecule has 1 rings (SSSR count). The molecule has 0 saturated heterocycles. The minimum Gasteiger partial charge on any atom is -0.497 e. The lowest BCUT2D eigenvalue weighted by atomic mass is 10.3. The van der Waals surface area contributed by atoms with Crippen molar-refractivity contribution in [2.45, 2.75) is 25.9 Å². The molecule has 1 atom stereocenters. The van der Waals surface area contributed by atoms with E-state index < -0.39 is 24.1 Å². The summed E-state index contributed by atoms with van der Waals surface area (Å²) in [6.07, 6.45) is -1.47. The van der Waals surface area contributed by atoms with Crippen LogP contribution in [0, 0.1) is 0 Å². The van der Waals surface area contributed by atoms with Gasteiger partial charge in [-0.2, -0.15) is 0 Å². The van der Waals surface area contributed by atoms with Crippen LogP contribution in [-0.4, -0.2) is 44.9 Å². The fourth-order valence-corrected chi connectivity index (χ4v) is 1.64. The average Bonchev–Trinajstić information content (AvgIpc) is 2.58. The monoisotopic (exact) mass is 339 g/mol. The quantitative estimate of drug-likeness (QED) is 0.568. The highest BCUT2D eigenvalue weighted by Crippen LogP contribution is 2.17. The third-order valence-electron chi connectivity index (χ3n) is 2.94. The second-order valence-electron chi connectivity index (χ2n) is 4.74. The Bertz CT molecular complexity index is 556. The Hall–Kier alpha value is -2.77. The minimum absolute atomic E-state index is 0.0893. The zero-order valence-corrected chi connectivity index (χ0v) is 13.9. The van der Waals surface area contributed by atoms with E-state index in [0.29, 0.717) is 18.8 Å². The molecule has 1 aromatic rings. The smallest absolute Gasteiger partial charge is 0.413 e. The summed E-state index contributed by atoms with van der Waals surface area (Å²) in [5.41, 5.74) is 0. The van der Waals surface area contributed by atoms with Gasteiger partial charge in [0, 0.05) is 6.42 Å². The van der Waals surface area contributed by atoms with Gasteiger partial charge < -0.3 is 18.9 Å². The standard InChI is InChI=1S/C16H21NO7/c1-11(15(19)17-16(20)22-3)24-14(18)5-4-10-23-13-8-6-12(21-2)7-9-13/h6-9,11H,4-5,10H2,1-3H3,(H,17,19,20)/t11-/m0/s1. The number of methoxy groups -OCH3 is 2. The molecule has 0 aliphatic heterocycles. The summed E-state index contributed by atoms with van der Waals surface area (Å²) in [4.78, 5) is 34.0. The van der Waals surface area contributed by atoms with Crippen LogP contribution in [0.3, 0.4) is 0 Å². The second kappa shape index (κ2) is 10.1. The Labute approximate surface area is 140 Å². The number of benzene rings is 1. The van der Waals surface area contributed by atoms with Crippen LogP contribution < -0.4 is 14.8 Å². The molecule has 0 radical (unpaired) electrons. The Morgan fingerprint density at radius 3 is 2.29 bits per heavy atom. The fraction of sp³-hybridized carbons (Fsp3) is 0.438. The lowest BCUT2D eigenvalue weighted by molar-refractivity contribution is -0.154. The normalized spacial score (nSPS) is 11.1. The first kappa shape index (κ1) is 19.3. The zero-order chi connectivity index (χ0) is 17.9. The van der Waals surface area contributed by atoms with E-state index in [2.05, 4.69) is 4.74 Å². The van der Waals surface area contributed by atoms with E-state index in [1.807, 2.05) is 5.32 Å². The van der Waals surface area contributed by atoms with Gasteiger partial charge >= 0.3 is 12.1 Å². The number of esters is 1. The van der Waals surface area contributed by atoms with E-state index >= 15 is 0 Å². The number of ether oxygens (including phenoxy) is 4. The van der Waals surface area contributed by atoms with Crippen molar-refractivity contribution >= 4 is 18.0 Å². The van der Waals surface area contributed by atoms with Gasteiger partial charge in [-0.05, 0) is 37.6 Å². The molecule has 0 bridgehead atoms. The molecule has 2 amide bonds. The van der Waals surface area contributed by atoms with Gasteiger partial charge in [0.25, 0.3) is 5.91 Å². The number of hydrogen-bond donors (Lipinski definition) is 1. The van der Waals surface area contributed by atoms with Gasteiger partial charge in [-0.25, -0.2) is 4.79 Å². The minimum atomic E-state index is -1.08. The van der Waals surface area contributed by atoms with Gasteiger partial charge in [-0.15, -0.1) is 0 Å². The highest BCUT2D eigenvalue weighted by molar-refractivity contribution is 5.94. The Morgan fingerprint density at radius 1 is 1.08 bits per heavy atom. The summed E-state index contributed by atoms with van der Waals surface area (Å²) in [6.45, 7) is 1.69. The van der Waals surface area contributed by atoms with Crippen LogP contribution in [-0.2, 0) is 19.1 Å². The van der Waals surface area contributed by atoms with Crippen LogP contribution in [0.1, 0.15) is 19.8 Å². The third kappa shape index (κ3) is 6.99. The number of carbonyl (C=O) groups is 3. The molecular formula is C16H21NO7. The van der Waals surface area contributed by atoms with Gasteiger partial charge in [0.2, 0.25) is 0 Å². The number of imide groups is 1. The number of rotatable bonds is 8. The van der Waals surface area contributed by atoms with Crippen LogP contribution >= 0.6 is 0 Å². The number of nitrogens with one attached hydrogen (secondary N) is 1. The first-order valence-corrected chi connectivity index (χ1v) is 7.31. The molecule has 0 unspecified atom stereocenters. The molecule has 0 spiro atoms. The maximum Gasteiger partial charge on any atom is 0.413 e. The van der Waals surface area contributed by atoms with Crippen LogP contribution in [0.15, 0.2) is 24.3 Å². The van der Waals surface area contributed by atoms with Gasteiger partial charge in [0.05, 0.1) is 20.8 Å². The summed E-state index contributed by atoms with van der Waals surface area (Å²) in [7, 11) is 2.70. The van der Waals surface area contributed by atoms with Crippen molar-refractivity contribution in [1.29, 1.82) is 0 Å². The molecule has 0 aliphatic carbocycles. The molecule has 0 aliphatic rings. The van der Waals surface area contributed by atoms with E-state index in [4.69, 9.17) is 14.2 Å². The first-order valence-electron chi connectivity index (χ1n) is 7.31. The molecule has 8 nitrogen and oxygen atoms in total. The van der Waals surface area contributed by atoms with E-state index in [1.165, 1.54) is 6.92 Å². The average molecular weight is 339 g/mol. The molecular weight excluding hydrogens is 318 g/mol. The lowest BCUT2D eigenvalue weighted by Crippen LogP contribution is -2.39. The lowest BCUT2D eigenvalue weighted by Gasteiger charge is -2.12. The third-order valence-corrected chi connectivity index (χ3v) is 2.94. The predicted molar refractivity (Wildman–Crippen MR) is 83.8 cm³/mol. The van der Waals surface area contributed by atoms with Crippen molar-refractivity contribution in [1.82, 2.24) is 5.32 Å². The SMILES string of the molecule is COC(=O)NC(=O)[C@H](C)OC(=O)CCCOc1ccc(OC)cc1. The largest absolute Gasteiger partial charge is 0.497 e. The summed E-state index contributed by atoms with van der Waals surface area (Å²) < 4.78 is 19.7. The molecule has 0 fully saturated rings. The number of hydrogen-bond acceptors (Lipinski definition) is 7. The maximum absolute atomic E-state index is 11.6. The van der Waals surface area contributed by atoms with Crippen molar-refractivity contribution in [3.63, 3.8) is 0 Å². The van der Waals surface area contributed by atoms with Crippen molar-refractivity contribution in [3.8, 4) is 11.5 Å². The van der Waals surface area contributed by atoms with E-state index in [1.54, 1.807) is 31.4 Å². The fourth-order valence-electron chi connectivity index (χ4n) is 1.64. The second-order valence-corrected chi connectivity index (χ2v) is 4.74. The van der Waals surface area contributed by atoms with Gasteiger partial charge in [0.1, 0.15) is 11.5 Å². The van der Waals surface area contributed by atoms with E-state index in [-0.39, 0.29) is 6.42 Å². The van der Waals surface area contributed by atoms with Crippen LogP contribution in [0.5, 0.6) is 11.5 Å². The van der Waals surface area contributed by atoms with E-state index in [9.17, 15) is 14.4 Å². The van der Waals surface area contributed by atoms with Crippen molar-refractivity contribution in [2.75, 3.05) is 20.8 Å². The Morgan fingerprint density at radius 2 is 1.71 bits per heavy atom. The van der Waals surface area contributed by atoms with Gasteiger partial charge in [-0.3, -0.25) is 14.9 Å². The molecule has 1 aromatic carbocycles. The summed E-state index contributed by atoms with van der Waals surface area (Å²) in [6, 6.07) is 7.06. The van der Waals surface area contributed by atoms with Crippen LogP contribution in [0.25, 0.3) is 0 Å². The van der Waals surface area contributed by atoms with Crippen molar-refractivity contribution in [2.24, 2.45) is 0 Å².